The molecule has 2 rings (SSSR count). The maximum atomic E-state index is 13.6. The monoisotopic (exact) mass is 289 g/mol. The van der Waals surface area contributed by atoms with Gasteiger partial charge in [-0.1, -0.05) is 28.4 Å². The number of carbonyl (C=O) groups is 1. The van der Waals surface area contributed by atoms with Crippen LogP contribution in [0.3, 0.4) is 0 Å². The lowest BCUT2D eigenvalue weighted by atomic mass is 10.2. The number of nitrogens with one attached hydrogen (secondary N) is 1. The van der Waals surface area contributed by atoms with Crippen LogP contribution in [0.2, 0.25) is 10.0 Å². The molecule has 1 N–H and O–H groups in total. The lowest BCUT2D eigenvalue weighted by Gasteiger charge is -2.06. The Bertz CT molecular complexity index is 592. The Morgan fingerprint density at radius 2 is 2.11 bits per heavy atom. The molecule has 2 aromatic rings. The van der Waals surface area contributed by atoms with Crippen molar-refractivity contribution in [2.45, 2.75) is 6.92 Å². The van der Waals surface area contributed by atoms with Gasteiger partial charge in [0.2, 0.25) is 5.82 Å². The van der Waals surface area contributed by atoms with Crippen LogP contribution in [0.15, 0.2) is 16.8 Å². The zero-order valence-electron chi connectivity index (χ0n) is 9.00. The number of amides is 1. The van der Waals surface area contributed by atoms with E-state index in [0.717, 1.165) is 6.07 Å². The van der Waals surface area contributed by atoms with Crippen molar-refractivity contribution in [2.75, 3.05) is 5.32 Å². The van der Waals surface area contributed by atoms with Crippen molar-refractivity contribution in [1.82, 2.24) is 10.3 Å². The third kappa shape index (κ3) is 2.44. The molecular formula is C10H6Cl2FN3O2. The molecule has 0 saturated carbocycles. The number of benzene rings is 1. The average molecular weight is 290 g/mol. The van der Waals surface area contributed by atoms with E-state index in [9.17, 15) is 9.18 Å². The van der Waals surface area contributed by atoms with Gasteiger partial charge in [-0.2, -0.15) is 0 Å². The number of aryl methyl sites for hydroxylation is 1. The Morgan fingerprint density at radius 1 is 1.39 bits per heavy atom. The maximum absolute atomic E-state index is 13.6. The van der Waals surface area contributed by atoms with Gasteiger partial charge < -0.3 is 5.32 Å². The van der Waals surface area contributed by atoms with Gasteiger partial charge in [0.05, 0.1) is 10.6 Å². The minimum atomic E-state index is -0.820. The topological polar surface area (TPSA) is 68.0 Å². The first-order chi connectivity index (χ1) is 8.49. The Labute approximate surface area is 111 Å². The molecule has 0 aliphatic heterocycles. The van der Waals surface area contributed by atoms with Crippen molar-refractivity contribution in [3.05, 3.63) is 39.3 Å². The second kappa shape index (κ2) is 4.91. The molecule has 94 valence electrons. The fourth-order valence-corrected chi connectivity index (χ4v) is 1.83. The van der Waals surface area contributed by atoms with E-state index in [1.165, 1.54) is 6.07 Å². The molecule has 0 atom stereocenters. The molecule has 18 heavy (non-hydrogen) atoms. The molecule has 0 radical (unpaired) electrons. The normalized spacial score (nSPS) is 10.4. The summed E-state index contributed by atoms with van der Waals surface area (Å²) in [6.45, 7) is 1.58. The van der Waals surface area contributed by atoms with Gasteiger partial charge in [0.15, 0.2) is 0 Å². The zero-order valence-corrected chi connectivity index (χ0v) is 10.5. The molecule has 0 aliphatic rings. The molecule has 1 heterocycles. The molecule has 0 spiro atoms. The van der Waals surface area contributed by atoms with Crippen molar-refractivity contribution in [3.8, 4) is 0 Å². The summed E-state index contributed by atoms with van der Waals surface area (Å²) in [5.41, 5.74) is 0.0531. The lowest BCUT2D eigenvalue weighted by molar-refractivity contribution is 0.102. The molecule has 0 saturated heterocycles. The Balaban J connectivity index is 2.33. The highest BCUT2D eigenvalue weighted by Crippen LogP contribution is 2.25. The summed E-state index contributed by atoms with van der Waals surface area (Å²) in [7, 11) is 0. The molecular weight excluding hydrogens is 284 g/mol. The number of carbonyl (C=O) groups excluding carboxylic acids is 1. The number of rotatable bonds is 2. The van der Waals surface area contributed by atoms with Crippen LogP contribution in [-0.4, -0.2) is 16.2 Å². The van der Waals surface area contributed by atoms with E-state index < -0.39 is 11.7 Å². The summed E-state index contributed by atoms with van der Waals surface area (Å²) in [6, 6.07) is 2.27. The fraction of sp³-hybridized carbons (Fsp3) is 0.100. The summed E-state index contributed by atoms with van der Waals surface area (Å²) in [5, 5.41) is 9.27. The van der Waals surface area contributed by atoms with Crippen LogP contribution in [0.1, 0.15) is 16.1 Å². The highest BCUT2D eigenvalue weighted by molar-refractivity contribution is 6.37. The second-order valence-corrected chi connectivity index (χ2v) is 4.24. The number of anilines is 1. The van der Waals surface area contributed by atoms with Crippen molar-refractivity contribution < 1.29 is 13.8 Å². The summed E-state index contributed by atoms with van der Waals surface area (Å²) >= 11 is 11.4. The van der Waals surface area contributed by atoms with Crippen LogP contribution >= 0.6 is 23.2 Å². The second-order valence-electron chi connectivity index (χ2n) is 3.40. The van der Waals surface area contributed by atoms with Gasteiger partial charge in [-0.05, 0) is 24.2 Å². The summed E-state index contributed by atoms with van der Waals surface area (Å²) < 4.78 is 18.0. The third-order valence-electron chi connectivity index (χ3n) is 2.12. The van der Waals surface area contributed by atoms with Crippen molar-refractivity contribution >= 4 is 34.9 Å². The SMILES string of the molecule is Cc1nonc1NC(=O)c1c(F)cc(Cl)cc1Cl. The van der Waals surface area contributed by atoms with Crippen LogP contribution in [0.25, 0.3) is 0 Å². The Hall–Kier alpha value is -1.66. The number of halogens is 3. The van der Waals surface area contributed by atoms with E-state index >= 15 is 0 Å². The van der Waals surface area contributed by atoms with Crippen LogP contribution < -0.4 is 5.32 Å². The van der Waals surface area contributed by atoms with E-state index in [0.29, 0.717) is 5.69 Å². The maximum Gasteiger partial charge on any atom is 0.261 e. The first-order valence-corrected chi connectivity index (χ1v) is 5.49. The molecule has 8 heteroatoms. The molecule has 1 amide bonds. The van der Waals surface area contributed by atoms with E-state index in [-0.39, 0.29) is 21.4 Å². The predicted molar refractivity (Wildman–Crippen MR) is 63.4 cm³/mol. The average Bonchev–Trinajstić information content (AvgIpc) is 2.62. The zero-order chi connectivity index (χ0) is 13.3. The Morgan fingerprint density at radius 3 is 2.67 bits per heavy atom. The number of nitrogens with zero attached hydrogens (tertiary/aromatic N) is 2. The van der Waals surface area contributed by atoms with Gasteiger partial charge >= 0.3 is 0 Å². The first kappa shape index (κ1) is 12.8. The molecule has 0 unspecified atom stereocenters. The lowest BCUT2D eigenvalue weighted by Crippen LogP contribution is -2.15. The van der Waals surface area contributed by atoms with E-state index in [4.69, 9.17) is 23.2 Å². The van der Waals surface area contributed by atoms with Gasteiger partial charge in [-0.25, -0.2) is 9.02 Å². The summed E-state index contributed by atoms with van der Waals surface area (Å²) in [5.74, 6) is -1.47. The minimum absolute atomic E-state index is 0.0911. The number of aromatic nitrogens is 2. The molecule has 5 nitrogen and oxygen atoms in total. The van der Waals surface area contributed by atoms with E-state index in [2.05, 4.69) is 20.3 Å². The first-order valence-electron chi connectivity index (χ1n) is 4.74. The van der Waals surface area contributed by atoms with Crippen LogP contribution in [-0.2, 0) is 0 Å². The van der Waals surface area contributed by atoms with Crippen LogP contribution in [0.4, 0.5) is 10.2 Å². The third-order valence-corrected chi connectivity index (χ3v) is 2.63. The fourth-order valence-electron chi connectivity index (χ4n) is 1.27. The minimum Gasteiger partial charge on any atom is -0.302 e. The molecule has 0 fully saturated rings. The highest BCUT2D eigenvalue weighted by atomic mass is 35.5. The largest absolute Gasteiger partial charge is 0.302 e. The van der Waals surface area contributed by atoms with Crippen LogP contribution in [0.5, 0.6) is 0 Å². The number of hydrogen-bond donors (Lipinski definition) is 1. The van der Waals surface area contributed by atoms with Gasteiger partial charge in [0.25, 0.3) is 5.91 Å². The number of hydrogen-bond acceptors (Lipinski definition) is 4. The van der Waals surface area contributed by atoms with Gasteiger partial charge in [0, 0.05) is 5.02 Å². The van der Waals surface area contributed by atoms with E-state index in [1.54, 1.807) is 6.92 Å². The van der Waals surface area contributed by atoms with E-state index in [1.807, 2.05) is 0 Å². The molecule has 1 aromatic carbocycles. The van der Waals surface area contributed by atoms with Crippen molar-refractivity contribution in [3.63, 3.8) is 0 Å². The smallest absolute Gasteiger partial charge is 0.261 e. The molecule has 0 aliphatic carbocycles. The van der Waals surface area contributed by atoms with Crippen molar-refractivity contribution in [1.29, 1.82) is 0 Å². The molecule has 1 aromatic heterocycles. The quantitative estimate of drug-likeness (QED) is 0.922. The van der Waals surface area contributed by atoms with Crippen molar-refractivity contribution in [2.24, 2.45) is 0 Å². The van der Waals surface area contributed by atoms with Gasteiger partial charge in [0.1, 0.15) is 11.5 Å². The Kier molecular flexibility index (Phi) is 3.49. The predicted octanol–water partition coefficient (Wildman–Crippen LogP) is 3.08. The highest BCUT2D eigenvalue weighted by Gasteiger charge is 2.19. The standard InChI is InChI=1S/C10H6Cl2FN3O2/c1-4-9(16-18-15-4)14-10(17)8-6(12)2-5(11)3-7(8)13/h2-3H,1H3,(H,14,16,17). The summed E-state index contributed by atoms with van der Waals surface area (Å²) in [4.78, 5) is 11.8. The van der Waals surface area contributed by atoms with Crippen LogP contribution in [0, 0.1) is 12.7 Å². The molecule has 0 bridgehead atoms. The summed E-state index contributed by atoms with van der Waals surface area (Å²) in [6.07, 6.45) is 0. The van der Waals surface area contributed by atoms with Gasteiger partial charge in [-0.3, -0.25) is 4.79 Å². The van der Waals surface area contributed by atoms with Gasteiger partial charge in [-0.15, -0.1) is 0 Å².